The maximum Gasteiger partial charge on any atom is 0.261 e. The van der Waals surface area contributed by atoms with Gasteiger partial charge in [-0.05, 0) is 49.5 Å². The topological polar surface area (TPSA) is 122 Å². The lowest BCUT2D eigenvalue weighted by Gasteiger charge is -2.37. The predicted octanol–water partition coefficient (Wildman–Crippen LogP) is 2.08. The largest absolute Gasteiger partial charge is 0.487 e. The third kappa shape index (κ3) is 5.10. The monoisotopic (exact) mass is 538 g/mol. The third-order valence-electron chi connectivity index (χ3n) is 6.87. The van der Waals surface area contributed by atoms with Crippen LogP contribution in [-0.4, -0.2) is 79.0 Å². The Morgan fingerprint density at radius 3 is 2.69 bits per heavy atom. The van der Waals surface area contributed by atoms with Crippen LogP contribution in [0.15, 0.2) is 46.7 Å². The second kappa shape index (κ2) is 10.3. The first-order chi connectivity index (χ1) is 16.9. The van der Waals surface area contributed by atoms with Gasteiger partial charge in [-0.25, -0.2) is 21.8 Å². The molecule has 1 aliphatic heterocycles. The molecular formula is C24H34N4O6S2. The fourth-order valence-electron chi connectivity index (χ4n) is 4.61. The number of rotatable bonds is 7. The van der Waals surface area contributed by atoms with Gasteiger partial charge in [-0.1, -0.05) is 19.1 Å². The van der Waals surface area contributed by atoms with Crippen LogP contribution in [0.4, 0.5) is 0 Å². The van der Waals surface area contributed by atoms with Crippen molar-refractivity contribution in [3.8, 4) is 5.75 Å². The number of imidazole rings is 1. The van der Waals surface area contributed by atoms with Gasteiger partial charge in [-0.15, -0.1) is 0 Å². The highest BCUT2D eigenvalue weighted by Gasteiger charge is 2.39. The number of nitrogens with zero attached hydrogens (tertiary/aromatic N) is 4. The van der Waals surface area contributed by atoms with E-state index in [2.05, 4.69) is 11.1 Å². The minimum Gasteiger partial charge on any atom is -0.487 e. The fraction of sp³-hybridized carbons (Fsp3) is 0.542. The van der Waals surface area contributed by atoms with Crippen LogP contribution in [0.1, 0.15) is 38.7 Å². The van der Waals surface area contributed by atoms with Gasteiger partial charge in [0.1, 0.15) is 16.7 Å². The van der Waals surface area contributed by atoms with Crippen molar-refractivity contribution in [1.29, 1.82) is 0 Å². The van der Waals surface area contributed by atoms with E-state index in [1.807, 2.05) is 6.92 Å². The van der Waals surface area contributed by atoms with Gasteiger partial charge in [0.25, 0.3) is 10.0 Å². The van der Waals surface area contributed by atoms with Crippen LogP contribution in [0.2, 0.25) is 0 Å². The van der Waals surface area contributed by atoms with E-state index in [4.69, 9.17) is 4.74 Å². The number of likely N-dealkylation sites (N-methyl/N-ethyl adjacent to an activating group) is 1. The Morgan fingerprint density at radius 2 is 2.08 bits per heavy atom. The number of ether oxygens (including phenoxy) is 1. The van der Waals surface area contributed by atoms with Crippen molar-refractivity contribution >= 4 is 25.6 Å². The van der Waals surface area contributed by atoms with E-state index in [-0.39, 0.29) is 41.3 Å². The molecular weight excluding hydrogens is 504 g/mol. The van der Waals surface area contributed by atoms with Gasteiger partial charge in [0.15, 0.2) is 5.03 Å². The molecule has 1 aliphatic carbocycles. The molecule has 2 aromatic rings. The van der Waals surface area contributed by atoms with Gasteiger partial charge in [-0.3, -0.25) is 0 Å². The Labute approximate surface area is 213 Å². The normalized spacial score (nSPS) is 23.4. The number of hydrogen-bond donors (Lipinski definition) is 1. The molecule has 0 amide bonds. The summed E-state index contributed by atoms with van der Waals surface area (Å²) in [6, 6.07) is 4.43. The minimum atomic E-state index is -3.96. The molecule has 1 N–H and O–H groups in total. The van der Waals surface area contributed by atoms with Crippen LogP contribution in [0, 0.1) is 5.92 Å². The van der Waals surface area contributed by atoms with E-state index < -0.39 is 32.2 Å². The molecule has 1 aromatic carbocycles. The minimum absolute atomic E-state index is 0.00612. The molecule has 10 nitrogen and oxygen atoms in total. The molecule has 2 heterocycles. The number of benzene rings is 1. The molecule has 0 bridgehead atoms. The smallest absolute Gasteiger partial charge is 0.261 e. The number of aromatic nitrogens is 2. The zero-order chi connectivity index (χ0) is 26.3. The lowest BCUT2D eigenvalue weighted by molar-refractivity contribution is 0.0904. The van der Waals surface area contributed by atoms with Crippen molar-refractivity contribution in [3.05, 3.63) is 42.4 Å². The first-order valence-electron chi connectivity index (χ1n) is 12.0. The van der Waals surface area contributed by atoms with Crippen LogP contribution in [0.5, 0.6) is 5.75 Å². The van der Waals surface area contributed by atoms with E-state index >= 15 is 0 Å². The van der Waals surface area contributed by atoms with Crippen molar-refractivity contribution < 1.29 is 26.7 Å². The SMILES string of the molecule is C[C@H]1CN([C@@H](C)CO)S(=O)(=O)c2ccc(C3=CCCC3)cc2O[C@@H]1CN(C)S(=O)(=O)c1cn(C)cn1. The highest BCUT2D eigenvalue weighted by atomic mass is 32.2. The van der Waals surface area contributed by atoms with Crippen molar-refractivity contribution in [3.63, 3.8) is 0 Å². The number of aliphatic hydroxyl groups is 1. The van der Waals surface area contributed by atoms with Crippen LogP contribution >= 0.6 is 0 Å². The summed E-state index contributed by atoms with van der Waals surface area (Å²) in [5.41, 5.74) is 2.03. The molecule has 4 rings (SSSR count). The summed E-state index contributed by atoms with van der Waals surface area (Å²) in [6.45, 7) is 3.20. The molecule has 36 heavy (non-hydrogen) atoms. The summed E-state index contributed by atoms with van der Waals surface area (Å²) in [5, 5.41) is 9.74. The van der Waals surface area contributed by atoms with Crippen LogP contribution in [-0.2, 0) is 27.1 Å². The van der Waals surface area contributed by atoms with Crippen LogP contribution < -0.4 is 4.74 Å². The Morgan fingerprint density at radius 1 is 1.33 bits per heavy atom. The van der Waals surface area contributed by atoms with Crippen molar-refractivity contribution in [1.82, 2.24) is 18.2 Å². The zero-order valence-electron chi connectivity index (χ0n) is 21.0. The Bertz CT molecular complexity index is 1350. The molecule has 1 aromatic heterocycles. The summed E-state index contributed by atoms with van der Waals surface area (Å²) < 4.78 is 63.9. The average molecular weight is 539 g/mol. The fourth-order valence-corrected chi connectivity index (χ4v) is 7.58. The molecule has 0 saturated heterocycles. The lowest BCUT2D eigenvalue weighted by Crippen LogP contribution is -2.50. The van der Waals surface area contributed by atoms with Gasteiger partial charge in [0, 0.05) is 38.8 Å². The molecule has 12 heteroatoms. The zero-order valence-corrected chi connectivity index (χ0v) is 22.7. The Kier molecular flexibility index (Phi) is 7.63. The summed E-state index contributed by atoms with van der Waals surface area (Å²) in [4.78, 5) is 3.99. The first-order valence-corrected chi connectivity index (χ1v) is 14.9. The molecule has 3 atom stereocenters. The molecule has 198 valence electrons. The second-order valence-corrected chi connectivity index (χ2v) is 13.5. The number of hydrogen-bond acceptors (Lipinski definition) is 7. The van der Waals surface area contributed by atoms with E-state index in [0.29, 0.717) is 0 Å². The van der Waals surface area contributed by atoms with E-state index in [1.165, 1.54) is 28.2 Å². The van der Waals surface area contributed by atoms with E-state index in [0.717, 1.165) is 30.4 Å². The standard InChI is InChI=1S/C24H34N4O6S2/c1-17-12-28(18(2)15-29)35(30,31)23-10-9-20(19-7-5-6-8-19)11-21(23)34-22(17)13-27(4)36(32,33)24-14-26(3)16-25-24/h7,9-11,14,16-18,22,29H,5-6,8,12-13,15H2,1-4H3/t17-,18-,22+/m0/s1. The highest BCUT2D eigenvalue weighted by Crippen LogP contribution is 2.37. The van der Waals surface area contributed by atoms with Crippen molar-refractivity contribution in [2.24, 2.45) is 13.0 Å². The number of fused-ring (bicyclic) bond motifs is 1. The van der Waals surface area contributed by atoms with Gasteiger partial charge in [0.05, 0.1) is 19.5 Å². The number of allylic oxidation sites excluding steroid dienone is 2. The summed E-state index contributed by atoms with van der Waals surface area (Å²) in [7, 11) is -4.69. The van der Waals surface area contributed by atoms with Crippen LogP contribution in [0.25, 0.3) is 5.57 Å². The van der Waals surface area contributed by atoms with E-state index in [1.54, 1.807) is 36.7 Å². The van der Waals surface area contributed by atoms with Crippen molar-refractivity contribution in [2.75, 3.05) is 26.7 Å². The lowest BCUT2D eigenvalue weighted by atomic mass is 10.0. The Balaban J connectivity index is 1.74. The number of sulfonamides is 2. The summed E-state index contributed by atoms with van der Waals surface area (Å²) >= 11 is 0. The predicted molar refractivity (Wildman–Crippen MR) is 135 cm³/mol. The first kappa shape index (κ1) is 26.8. The van der Waals surface area contributed by atoms with Gasteiger partial charge in [0.2, 0.25) is 10.0 Å². The molecule has 2 aliphatic rings. The van der Waals surface area contributed by atoms with E-state index in [9.17, 15) is 21.9 Å². The average Bonchev–Trinajstić information content (AvgIpc) is 3.53. The van der Waals surface area contributed by atoms with Gasteiger partial charge >= 0.3 is 0 Å². The third-order valence-corrected chi connectivity index (χ3v) is 10.6. The van der Waals surface area contributed by atoms with Crippen molar-refractivity contribution in [2.45, 2.75) is 55.2 Å². The maximum absolute atomic E-state index is 13.6. The number of aryl methyl sites for hydroxylation is 1. The second-order valence-electron chi connectivity index (χ2n) is 9.69. The molecule has 0 saturated carbocycles. The molecule has 0 unspecified atom stereocenters. The summed E-state index contributed by atoms with van der Waals surface area (Å²) in [6.07, 6.45) is 7.28. The Hall–Kier alpha value is -2.25. The molecule has 0 radical (unpaired) electrons. The van der Waals surface area contributed by atoms with Gasteiger partial charge in [-0.2, -0.15) is 8.61 Å². The van der Waals surface area contributed by atoms with Crippen LogP contribution in [0.3, 0.4) is 0 Å². The maximum atomic E-state index is 13.6. The molecule has 0 spiro atoms. The highest BCUT2D eigenvalue weighted by molar-refractivity contribution is 7.89. The number of aliphatic hydroxyl groups excluding tert-OH is 1. The van der Waals surface area contributed by atoms with Gasteiger partial charge < -0.3 is 14.4 Å². The molecule has 0 fully saturated rings. The quantitative estimate of drug-likeness (QED) is 0.573. The summed E-state index contributed by atoms with van der Waals surface area (Å²) in [5.74, 6) is -0.187.